The molecule has 0 saturated heterocycles. The van der Waals surface area contributed by atoms with Gasteiger partial charge in [-0.2, -0.15) is 0 Å². The van der Waals surface area contributed by atoms with E-state index in [0.29, 0.717) is 0 Å². The van der Waals surface area contributed by atoms with Gasteiger partial charge in [0.05, 0.1) is 0 Å². The Morgan fingerprint density at radius 1 is 0.297 bits per heavy atom. The minimum absolute atomic E-state index is 0. The molecule has 0 aliphatic rings. The van der Waals surface area contributed by atoms with E-state index in [0.717, 1.165) is 0 Å². The number of rotatable bonds is 0. The maximum Gasteiger partial charge on any atom is 0 e. The molecular weight excluding hydrogens is 616 g/mol. The Bertz CT molecular complexity index is 1240. The predicted octanol–water partition coefficient (Wildman–Crippen LogP) is 10.9. The first-order chi connectivity index (χ1) is 16.4. The van der Waals surface area contributed by atoms with Crippen molar-refractivity contribution in [2.45, 2.75) is 105 Å². The van der Waals surface area contributed by atoms with Crippen LogP contribution in [0, 0.1) is 0 Å². The van der Waals surface area contributed by atoms with E-state index in [9.17, 15) is 0 Å². The zero-order valence-corrected chi connectivity index (χ0v) is 28.3. The van der Waals surface area contributed by atoms with Crippen LogP contribution in [0.2, 0.25) is 0 Å². The minimum atomic E-state index is 0. The molecule has 0 saturated carbocycles. The van der Waals surface area contributed by atoms with Gasteiger partial charge in [-0.1, -0.05) is 156 Å². The predicted molar refractivity (Wildman–Crippen MR) is 163 cm³/mol. The summed E-state index contributed by atoms with van der Waals surface area (Å²) in [5.41, 5.74) is 6.48. The minimum Gasteiger partial charge on any atom is -0.0579 e. The fourth-order valence-corrected chi connectivity index (χ4v) is 4.36. The van der Waals surface area contributed by atoms with Crippen molar-refractivity contribution >= 4 is 21.5 Å². The Hall–Kier alpha value is -1.91. The third-order valence-corrected chi connectivity index (χ3v) is 7.14. The second kappa shape index (κ2) is 11.1. The largest absolute Gasteiger partial charge is 0.0579 e. The van der Waals surface area contributed by atoms with Gasteiger partial charge in [-0.25, -0.2) is 0 Å². The molecule has 4 rings (SSSR count). The summed E-state index contributed by atoms with van der Waals surface area (Å²) in [7, 11) is 0. The molecule has 0 aliphatic heterocycles. The molecule has 0 nitrogen and oxygen atoms in total. The SMILES string of the molecule is CC(C)(C)c1ccc2cc(C(C)(C)C)ccc2c1.CC(C)(C)c1ccc2ccc(C(C)(C)C)cc2c1.[W]. The van der Waals surface area contributed by atoms with Crippen LogP contribution in [0.3, 0.4) is 0 Å². The zero-order chi connectivity index (χ0) is 27.1. The van der Waals surface area contributed by atoms with Gasteiger partial charge in [0.15, 0.2) is 0 Å². The van der Waals surface area contributed by atoms with E-state index in [1.165, 1.54) is 43.8 Å². The molecule has 0 aromatic heterocycles. The molecule has 0 heterocycles. The van der Waals surface area contributed by atoms with Crippen molar-refractivity contribution < 1.29 is 21.1 Å². The van der Waals surface area contributed by atoms with Crippen molar-refractivity contribution in [2.24, 2.45) is 0 Å². The van der Waals surface area contributed by atoms with Crippen molar-refractivity contribution in [1.82, 2.24) is 0 Å². The molecule has 0 aliphatic carbocycles. The monoisotopic (exact) mass is 664 g/mol. The van der Waals surface area contributed by atoms with E-state index >= 15 is 0 Å². The fraction of sp³-hybridized carbons (Fsp3) is 0.444. The van der Waals surface area contributed by atoms with Crippen LogP contribution >= 0.6 is 0 Å². The molecule has 1 heteroatoms. The third-order valence-electron chi connectivity index (χ3n) is 7.14. The summed E-state index contributed by atoms with van der Waals surface area (Å²) in [6, 6.07) is 27.3. The fourth-order valence-electron chi connectivity index (χ4n) is 4.36. The van der Waals surface area contributed by atoms with Crippen LogP contribution in [0.1, 0.15) is 105 Å². The van der Waals surface area contributed by atoms with Crippen molar-refractivity contribution in [3.05, 3.63) is 95.1 Å². The Balaban J connectivity index is 0.000000253. The van der Waals surface area contributed by atoms with Crippen LogP contribution in [-0.4, -0.2) is 0 Å². The summed E-state index contributed by atoms with van der Waals surface area (Å²) < 4.78 is 0. The molecule has 0 spiro atoms. The normalized spacial score (nSPS) is 12.6. The van der Waals surface area contributed by atoms with Crippen molar-refractivity contribution in [2.75, 3.05) is 0 Å². The molecule has 0 amide bonds. The summed E-state index contributed by atoms with van der Waals surface area (Å²) in [6.07, 6.45) is 0. The smallest absolute Gasteiger partial charge is 0 e. The van der Waals surface area contributed by atoms with Crippen LogP contribution < -0.4 is 0 Å². The molecule has 0 radical (unpaired) electrons. The summed E-state index contributed by atoms with van der Waals surface area (Å²) in [5, 5.41) is 5.37. The van der Waals surface area contributed by atoms with E-state index in [2.05, 4.69) is 156 Å². The van der Waals surface area contributed by atoms with Crippen molar-refractivity contribution in [3.8, 4) is 0 Å². The average molecular weight is 665 g/mol. The van der Waals surface area contributed by atoms with E-state index < -0.39 is 0 Å². The van der Waals surface area contributed by atoms with Gasteiger partial charge in [-0.15, -0.1) is 0 Å². The number of fused-ring (bicyclic) bond motifs is 2. The summed E-state index contributed by atoms with van der Waals surface area (Å²) >= 11 is 0. The standard InChI is InChI=1S/2C18H24.W/c1-17(2,3)15-9-7-14-12-16(18(4,5)6)10-8-13(14)11-15;1-17(2,3)15-9-7-13-8-10-16(18(4,5)6)12-14(13)11-15;/h2*7-12H,1-6H3;. The van der Waals surface area contributed by atoms with E-state index in [-0.39, 0.29) is 42.7 Å². The topological polar surface area (TPSA) is 0 Å². The van der Waals surface area contributed by atoms with Crippen molar-refractivity contribution in [3.63, 3.8) is 0 Å². The maximum atomic E-state index is 2.34. The second-order valence-electron chi connectivity index (χ2n) is 14.6. The van der Waals surface area contributed by atoms with Gasteiger partial charge >= 0.3 is 0 Å². The molecule has 4 aromatic rings. The second-order valence-corrected chi connectivity index (χ2v) is 14.6. The van der Waals surface area contributed by atoms with E-state index in [4.69, 9.17) is 0 Å². The molecule has 0 atom stereocenters. The molecular formula is C36H48W. The Kier molecular flexibility index (Phi) is 9.36. The van der Waals surface area contributed by atoms with Crippen LogP contribution in [0.5, 0.6) is 0 Å². The Labute approximate surface area is 241 Å². The Morgan fingerprint density at radius 2 is 0.514 bits per heavy atom. The van der Waals surface area contributed by atoms with Crippen LogP contribution in [-0.2, 0) is 42.7 Å². The van der Waals surface area contributed by atoms with Gasteiger partial charge in [0.2, 0.25) is 0 Å². The molecule has 198 valence electrons. The van der Waals surface area contributed by atoms with E-state index in [1.54, 1.807) is 0 Å². The average Bonchev–Trinajstić information content (AvgIpc) is 2.75. The van der Waals surface area contributed by atoms with Crippen LogP contribution in [0.4, 0.5) is 0 Å². The molecule has 0 bridgehead atoms. The third kappa shape index (κ3) is 8.04. The molecule has 0 unspecified atom stereocenters. The van der Waals surface area contributed by atoms with Gasteiger partial charge < -0.3 is 0 Å². The van der Waals surface area contributed by atoms with Gasteiger partial charge in [-0.3, -0.25) is 0 Å². The van der Waals surface area contributed by atoms with E-state index in [1.807, 2.05) is 0 Å². The zero-order valence-electron chi connectivity index (χ0n) is 25.3. The number of hydrogen-bond donors (Lipinski definition) is 0. The maximum absolute atomic E-state index is 2.34. The quantitative estimate of drug-likeness (QED) is 0.176. The summed E-state index contributed by atoms with van der Waals surface area (Å²) in [4.78, 5) is 0. The summed E-state index contributed by atoms with van der Waals surface area (Å²) in [6.45, 7) is 27.2. The first kappa shape index (κ1) is 31.3. The van der Waals surface area contributed by atoms with Gasteiger partial charge in [0.25, 0.3) is 0 Å². The Morgan fingerprint density at radius 3 is 0.757 bits per heavy atom. The molecule has 0 fully saturated rings. The van der Waals surface area contributed by atoms with Crippen molar-refractivity contribution in [1.29, 1.82) is 0 Å². The van der Waals surface area contributed by atoms with Gasteiger partial charge in [0.1, 0.15) is 0 Å². The van der Waals surface area contributed by atoms with Gasteiger partial charge in [-0.05, 0) is 65.5 Å². The first-order valence-electron chi connectivity index (χ1n) is 13.5. The number of hydrogen-bond acceptors (Lipinski definition) is 0. The molecule has 4 aromatic carbocycles. The molecule has 0 N–H and O–H groups in total. The number of benzene rings is 4. The van der Waals surface area contributed by atoms with Gasteiger partial charge in [0, 0.05) is 21.1 Å². The first-order valence-corrected chi connectivity index (χ1v) is 13.5. The summed E-state index contributed by atoms with van der Waals surface area (Å²) in [5.74, 6) is 0. The van der Waals surface area contributed by atoms with Crippen LogP contribution in [0.25, 0.3) is 21.5 Å². The molecule has 37 heavy (non-hydrogen) atoms. The van der Waals surface area contributed by atoms with Crippen LogP contribution in [0.15, 0.2) is 72.8 Å².